The van der Waals surface area contributed by atoms with Crippen molar-refractivity contribution in [2.24, 2.45) is 5.92 Å². The van der Waals surface area contributed by atoms with Gasteiger partial charge in [-0.15, -0.1) is 10.2 Å². The van der Waals surface area contributed by atoms with Crippen molar-refractivity contribution in [1.82, 2.24) is 15.1 Å². The van der Waals surface area contributed by atoms with Gasteiger partial charge in [-0.3, -0.25) is 5.32 Å². The molecule has 0 fully saturated rings. The minimum absolute atomic E-state index is 0.0127. The molecule has 0 atom stereocenters. The highest BCUT2D eigenvalue weighted by Crippen LogP contribution is 2.22. The third-order valence-electron chi connectivity index (χ3n) is 1.85. The third-order valence-corrected chi connectivity index (χ3v) is 5.21. The summed E-state index contributed by atoms with van der Waals surface area (Å²) >= 11 is 0.859. The van der Waals surface area contributed by atoms with Crippen molar-refractivity contribution in [2.75, 3.05) is 25.2 Å². The quantitative estimate of drug-likeness (QED) is 0.838. The fourth-order valence-electron chi connectivity index (χ4n) is 1.10. The summed E-state index contributed by atoms with van der Waals surface area (Å²) in [6.45, 7) is 3.63. The summed E-state index contributed by atoms with van der Waals surface area (Å²) in [5, 5.41) is 9.88. The molecule has 0 bridgehead atoms. The van der Waals surface area contributed by atoms with Crippen LogP contribution in [0.15, 0.2) is 4.34 Å². The van der Waals surface area contributed by atoms with Crippen LogP contribution < -0.4 is 5.32 Å². The first-order chi connectivity index (χ1) is 8.22. The zero-order chi connectivity index (χ0) is 13.9. The van der Waals surface area contributed by atoms with Crippen LogP contribution in [-0.4, -0.2) is 49.4 Å². The van der Waals surface area contributed by atoms with Crippen molar-refractivity contribution in [3.05, 3.63) is 0 Å². The summed E-state index contributed by atoms with van der Waals surface area (Å²) in [5.74, 6) is 0.0298. The van der Waals surface area contributed by atoms with Gasteiger partial charge < -0.3 is 4.90 Å². The van der Waals surface area contributed by atoms with Gasteiger partial charge in [0.15, 0.2) is 0 Å². The number of aromatic nitrogens is 2. The largest absolute Gasteiger partial charge is 0.331 e. The minimum atomic E-state index is -3.41. The number of nitrogens with zero attached hydrogens (tertiary/aromatic N) is 3. The molecule has 1 N–H and O–H groups in total. The topological polar surface area (TPSA) is 92.3 Å². The van der Waals surface area contributed by atoms with E-state index in [4.69, 9.17) is 0 Å². The second-order valence-corrected chi connectivity index (χ2v) is 7.56. The monoisotopic (exact) mass is 292 g/mol. The molecule has 1 aromatic heterocycles. The molecule has 9 heteroatoms. The molecule has 7 nitrogen and oxygen atoms in total. The number of anilines is 1. The molecule has 1 rings (SSSR count). The molecule has 0 aromatic carbocycles. The summed E-state index contributed by atoms with van der Waals surface area (Å²) in [6, 6.07) is -0.376. The number of carbonyl (C=O) groups is 1. The molecule has 1 heterocycles. The Bertz CT molecular complexity index is 522. The zero-order valence-corrected chi connectivity index (χ0v) is 12.3. The average Bonchev–Trinajstić information content (AvgIpc) is 2.64. The summed E-state index contributed by atoms with van der Waals surface area (Å²) in [6.07, 6.45) is 0. The lowest BCUT2D eigenvalue weighted by molar-refractivity contribution is 0.230. The number of sulfone groups is 1. The Kier molecular flexibility index (Phi) is 4.63. The van der Waals surface area contributed by atoms with E-state index in [9.17, 15) is 13.2 Å². The molecule has 0 aliphatic rings. The highest BCUT2D eigenvalue weighted by Gasteiger charge is 2.22. The maximum atomic E-state index is 11.9. The number of hydrogen-bond acceptors (Lipinski definition) is 6. The molecular formula is C9H16N4O3S2. The summed E-state index contributed by atoms with van der Waals surface area (Å²) < 4.78 is 23.7. The lowest BCUT2D eigenvalue weighted by Gasteiger charge is -2.08. The van der Waals surface area contributed by atoms with Crippen molar-refractivity contribution in [3.8, 4) is 0 Å². The maximum Gasteiger partial charge on any atom is 0.323 e. The molecule has 0 unspecified atom stereocenters. The van der Waals surface area contributed by atoms with Crippen LogP contribution in [0.1, 0.15) is 13.8 Å². The van der Waals surface area contributed by atoms with Gasteiger partial charge in [-0.25, -0.2) is 13.2 Å². The summed E-state index contributed by atoms with van der Waals surface area (Å²) in [4.78, 5) is 12.7. The standard InChI is InChI=1S/C9H16N4O3S2/c1-6(2)5-18(15,16)9-12-11-7(17-9)10-8(14)13(3)4/h6H,5H2,1-4H3,(H,10,11,14). The van der Waals surface area contributed by atoms with Crippen LogP contribution in [0.25, 0.3) is 0 Å². The Balaban J connectivity index is 2.84. The Morgan fingerprint density at radius 2 is 2.00 bits per heavy atom. The van der Waals surface area contributed by atoms with E-state index >= 15 is 0 Å². The smallest absolute Gasteiger partial charge is 0.323 e. The predicted octanol–water partition coefficient (Wildman–Crippen LogP) is 1.06. The highest BCUT2D eigenvalue weighted by atomic mass is 32.2. The van der Waals surface area contributed by atoms with E-state index in [1.807, 2.05) is 13.8 Å². The normalized spacial score (nSPS) is 11.6. The van der Waals surface area contributed by atoms with Crippen LogP contribution in [0, 0.1) is 5.92 Å². The van der Waals surface area contributed by atoms with Gasteiger partial charge in [-0.2, -0.15) is 0 Å². The molecule has 0 aliphatic carbocycles. The van der Waals surface area contributed by atoms with Crippen LogP contribution in [0.4, 0.5) is 9.93 Å². The lowest BCUT2D eigenvalue weighted by atomic mass is 10.3. The van der Waals surface area contributed by atoms with Crippen LogP contribution in [0.5, 0.6) is 0 Å². The number of rotatable bonds is 4. The van der Waals surface area contributed by atoms with E-state index in [0.717, 1.165) is 11.3 Å². The number of urea groups is 1. The van der Waals surface area contributed by atoms with E-state index in [2.05, 4.69) is 15.5 Å². The number of carbonyl (C=O) groups excluding carboxylic acids is 1. The van der Waals surface area contributed by atoms with Gasteiger partial charge in [0.25, 0.3) is 0 Å². The van der Waals surface area contributed by atoms with Crippen molar-refractivity contribution >= 4 is 32.3 Å². The highest BCUT2D eigenvalue weighted by molar-refractivity contribution is 7.93. The van der Waals surface area contributed by atoms with E-state index < -0.39 is 9.84 Å². The van der Waals surface area contributed by atoms with Crippen molar-refractivity contribution in [3.63, 3.8) is 0 Å². The van der Waals surface area contributed by atoms with Gasteiger partial charge in [-0.05, 0) is 5.92 Å². The second-order valence-electron chi connectivity index (χ2n) is 4.37. The Morgan fingerprint density at radius 3 is 2.50 bits per heavy atom. The first-order valence-electron chi connectivity index (χ1n) is 5.27. The molecule has 2 amide bonds. The Labute approximate surface area is 110 Å². The lowest BCUT2D eigenvalue weighted by Crippen LogP contribution is -2.27. The van der Waals surface area contributed by atoms with Crippen LogP contribution >= 0.6 is 11.3 Å². The van der Waals surface area contributed by atoms with E-state index in [0.29, 0.717) is 0 Å². The van der Waals surface area contributed by atoms with Gasteiger partial charge in [0.05, 0.1) is 5.75 Å². The van der Waals surface area contributed by atoms with Gasteiger partial charge in [0, 0.05) is 14.1 Å². The predicted molar refractivity (Wildman–Crippen MR) is 69.5 cm³/mol. The van der Waals surface area contributed by atoms with Gasteiger partial charge in [0.1, 0.15) is 0 Å². The summed E-state index contributed by atoms with van der Waals surface area (Å²) in [7, 11) is -0.262. The Morgan fingerprint density at radius 1 is 1.39 bits per heavy atom. The van der Waals surface area contributed by atoms with E-state index in [1.54, 1.807) is 14.1 Å². The molecule has 18 heavy (non-hydrogen) atoms. The fraction of sp³-hybridized carbons (Fsp3) is 0.667. The minimum Gasteiger partial charge on any atom is -0.331 e. The van der Waals surface area contributed by atoms with Gasteiger partial charge in [-0.1, -0.05) is 25.2 Å². The molecule has 0 saturated heterocycles. The molecule has 0 spiro atoms. The molecular weight excluding hydrogens is 276 g/mol. The fourth-order valence-corrected chi connectivity index (χ4v) is 3.70. The number of amides is 2. The molecule has 0 aliphatic heterocycles. The number of nitrogens with one attached hydrogen (secondary N) is 1. The molecule has 102 valence electrons. The van der Waals surface area contributed by atoms with Crippen molar-refractivity contribution in [1.29, 1.82) is 0 Å². The van der Waals surface area contributed by atoms with Crippen LogP contribution in [0.3, 0.4) is 0 Å². The maximum absolute atomic E-state index is 11.9. The van der Waals surface area contributed by atoms with Gasteiger partial charge >= 0.3 is 6.03 Å². The number of hydrogen-bond donors (Lipinski definition) is 1. The molecule has 1 aromatic rings. The van der Waals surface area contributed by atoms with Gasteiger partial charge in [0.2, 0.25) is 19.3 Å². The first-order valence-corrected chi connectivity index (χ1v) is 7.74. The zero-order valence-electron chi connectivity index (χ0n) is 10.7. The first kappa shape index (κ1) is 14.8. The SMILES string of the molecule is CC(C)CS(=O)(=O)c1nnc(NC(=O)N(C)C)s1. The average molecular weight is 292 g/mol. The van der Waals surface area contributed by atoms with E-state index in [-0.39, 0.29) is 27.2 Å². The van der Waals surface area contributed by atoms with Crippen molar-refractivity contribution in [2.45, 2.75) is 18.2 Å². The van der Waals surface area contributed by atoms with Crippen molar-refractivity contribution < 1.29 is 13.2 Å². The Hall–Kier alpha value is -1.22. The van der Waals surface area contributed by atoms with Crippen LogP contribution in [0.2, 0.25) is 0 Å². The molecule has 0 saturated carbocycles. The second kappa shape index (κ2) is 5.61. The third kappa shape index (κ3) is 3.91. The van der Waals surface area contributed by atoms with Crippen LogP contribution in [-0.2, 0) is 9.84 Å². The molecule has 0 radical (unpaired) electrons. The van der Waals surface area contributed by atoms with E-state index in [1.165, 1.54) is 4.90 Å². The summed E-state index contributed by atoms with van der Waals surface area (Å²) in [5.41, 5.74) is 0.